The van der Waals surface area contributed by atoms with Crippen molar-refractivity contribution in [2.45, 2.75) is 36.8 Å². The summed E-state index contributed by atoms with van der Waals surface area (Å²) in [7, 11) is -10.1. The number of ether oxygens (including phenoxy) is 1. The van der Waals surface area contributed by atoms with Gasteiger partial charge in [0.1, 0.15) is 30.5 Å². The first-order valence-corrected chi connectivity index (χ1v) is 8.69. The summed E-state index contributed by atoms with van der Waals surface area (Å²) in [6.45, 7) is -1.03. The fourth-order valence-corrected chi connectivity index (χ4v) is 2.47. The van der Waals surface area contributed by atoms with Gasteiger partial charge in [0.25, 0.3) is 0 Å². The molecule has 0 bridgehead atoms. The van der Waals surface area contributed by atoms with Crippen LogP contribution in [0.4, 0.5) is 0 Å². The molecule has 22 heavy (non-hydrogen) atoms. The zero-order chi connectivity index (χ0) is 17.3. The van der Waals surface area contributed by atoms with E-state index in [0.29, 0.717) is 0 Å². The fraction of sp³-hybridized carbons (Fsp3) is 1.00. The molecule has 0 aliphatic carbocycles. The average molecular weight is 370 g/mol. The van der Waals surface area contributed by atoms with Crippen LogP contribution in [0.25, 0.3) is 0 Å². The van der Waals surface area contributed by atoms with Gasteiger partial charge in [0, 0.05) is 0 Å². The first-order chi connectivity index (χ1) is 9.82. The number of aliphatic hydroxyl groups excluding tert-OH is 4. The second kappa shape index (κ2) is 7.28. The molecule has 0 spiro atoms. The predicted octanol–water partition coefficient (Wildman–Crippen LogP) is -3.63. The first kappa shape index (κ1) is 20.1. The number of phosphoric acid groups is 2. The fourth-order valence-electron chi connectivity index (χ4n) is 1.68. The molecule has 1 rings (SSSR count). The lowest BCUT2D eigenvalue weighted by molar-refractivity contribution is -0.292. The highest BCUT2D eigenvalue weighted by Gasteiger charge is 2.49. The van der Waals surface area contributed by atoms with Crippen molar-refractivity contribution in [3.05, 3.63) is 0 Å². The molecule has 6 atom stereocenters. The van der Waals surface area contributed by atoms with Crippen LogP contribution in [0.15, 0.2) is 0 Å². The number of aliphatic hydroxyl groups is 4. The highest BCUT2D eigenvalue weighted by Crippen LogP contribution is 2.41. The first-order valence-electron chi connectivity index (χ1n) is 5.63. The molecular formula is C7H16O13P2. The monoisotopic (exact) mass is 370 g/mol. The van der Waals surface area contributed by atoms with Gasteiger partial charge in [-0.2, -0.15) is 0 Å². The molecule has 0 amide bonds. The van der Waals surface area contributed by atoms with Crippen molar-refractivity contribution < 1.29 is 62.9 Å². The standard InChI is InChI=1S/C7H16O13P2/c8-2(1-18-21(12,13)14)6-4(10)3(9)5(11)7(19-6)20-22(15,16)17/h2-11H,1H2,(H2,12,13,14)(H2,15,16,17)/t2-,3?,4+,5?,6?,7-/m1/s1. The molecular weight excluding hydrogens is 354 g/mol. The van der Waals surface area contributed by atoms with Crippen molar-refractivity contribution in [2.75, 3.05) is 6.61 Å². The van der Waals surface area contributed by atoms with Crippen LogP contribution in [0, 0.1) is 0 Å². The molecule has 132 valence electrons. The van der Waals surface area contributed by atoms with E-state index in [4.69, 9.17) is 24.3 Å². The maximum absolute atomic E-state index is 10.7. The van der Waals surface area contributed by atoms with Gasteiger partial charge in [0.15, 0.2) is 6.29 Å². The van der Waals surface area contributed by atoms with Crippen molar-refractivity contribution in [2.24, 2.45) is 0 Å². The number of rotatable bonds is 6. The van der Waals surface area contributed by atoms with Crippen molar-refractivity contribution in [3.8, 4) is 0 Å². The van der Waals surface area contributed by atoms with E-state index in [1.165, 1.54) is 0 Å². The van der Waals surface area contributed by atoms with Crippen LogP contribution in [0.3, 0.4) is 0 Å². The molecule has 0 aromatic heterocycles. The van der Waals surface area contributed by atoms with Gasteiger partial charge < -0.3 is 44.7 Å². The molecule has 1 fully saturated rings. The largest absolute Gasteiger partial charge is 0.472 e. The van der Waals surface area contributed by atoms with Gasteiger partial charge in [-0.05, 0) is 0 Å². The Hall–Kier alpha value is 0.0200. The van der Waals surface area contributed by atoms with Crippen LogP contribution in [0.5, 0.6) is 0 Å². The zero-order valence-corrected chi connectivity index (χ0v) is 12.5. The maximum atomic E-state index is 10.7. The summed E-state index contributed by atoms with van der Waals surface area (Å²) < 4.78 is 34.0. The number of phosphoric ester groups is 2. The van der Waals surface area contributed by atoms with Gasteiger partial charge in [-0.3, -0.25) is 9.05 Å². The molecule has 1 heterocycles. The Kier molecular flexibility index (Phi) is 6.64. The predicted molar refractivity (Wildman–Crippen MR) is 63.8 cm³/mol. The summed E-state index contributed by atoms with van der Waals surface area (Å²) >= 11 is 0. The summed E-state index contributed by atoms with van der Waals surface area (Å²) in [5.74, 6) is 0. The Morgan fingerprint density at radius 3 is 1.95 bits per heavy atom. The molecule has 3 unspecified atom stereocenters. The third kappa shape index (κ3) is 5.91. The number of hydrogen-bond acceptors (Lipinski definition) is 9. The second-order valence-electron chi connectivity index (χ2n) is 4.39. The van der Waals surface area contributed by atoms with E-state index in [1.807, 2.05) is 0 Å². The summed E-state index contributed by atoms with van der Waals surface area (Å²) in [5.41, 5.74) is 0. The topological polar surface area (TPSA) is 224 Å². The minimum atomic E-state index is -5.13. The van der Waals surface area contributed by atoms with Crippen molar-refractivity contribution in [3.63, 3.8) is 0 Å². The highest BCUT2D eigenvalue weighted by molar-refractivity contribution is 7.46. The van der Waals surface area contributed by atoms with E-state index < -0.39 is 59.1 Å². The lowest BCUT2D eigenvalue weighted by Gasteiger charge is -2.41. The molecule has 0 aromatic rings. The minimum Gasteiger partial charge on any atom is -0.388 e. The normalized spacial score (nSPS) is 35.4. The molecule has 1 saturated heterocycles. The summed E-state index contributed by atoms with van der Waals surface area (Å²) in [5, 5.41) is 38.3. The Morgan fingerprint density at radius 2 is 1.50 bits per heavy atom. The quantitative estimate of drug-likeness (QED) is 0.212. The van der Waals surface area contributed by atoms with Gasteiger partial charge >= 0.3 is 15.6 Å². The molecule has 13 nitrogen and oxygen atoms in total. The number of hydrogen-bond donors (Lipinski definition) is 8. The maximum Gasteiger partial charge on any atom is 0.472 e. The molecule has 1 aliphatic rings. The third-order valence-electron chi connectivity index (χ3n) is 2.64. The van der Waals surface area contributed by atoms with Crippen LogP contribution < -0.4 is 0 Å². The van der Waals surface area contributed by atoms with Crippen LogP contribution in [0.2, 0.25) is 0 Å². The highest BCUT2D eigenvalue weighted by atomic mass is 31.2. The SMILES string of the molecule is O=P(O)(O)OC[C@@H](O)C1O[C@H](OP(=O)(O)O)C(O)C(O)[C@@H]1O. The van der Waals surface area contributed by atoms with Gasteiger partial charge in [-0.25, -0.2) is 9.13 Å². The zero-order valence-electron chi connectivity index (χ0n) is 10.7. The van der Waals surface area contributed by atoms with Crippen LogP contribution in [0.1, 0.15) is 0 Å². The molecule has 8 N–H and O–H groups in total. The van der Waals surface area contributed by atoms with E-state index in [9.17, 15) is 29.6 Å². The molecule has 15 heteroatoms. The lowest BCUT2D eigenvalue weighted by Crippen LogP contribution is -2.61. The van der Waals surface area contributed by atoms with Gasteiger partial charge in [0.05, 0.1) is 6.61 Å². The second-order valence-corrected chi connectivity index (χ2v) is 6.82. The van der Waals surface area contributed by atoms with E-state index >= 15 is 0 Å². The molecule has 0 saturated carbocycles. The summed E-state index contributed by atoms with van der Waals surface area (Å²) in [6.07, 6.45) is -11.8. The van der Waals surface area contributed by atoms with Gasteiger partial charge in [0.2, 0.25) is 0 Å². The van der Waals surface area contributed by atoms with Crippen LogP contribution >= 0.6 is 15.6 Å². The van der Waals surface area contributed by atoms with E-state index in [-0.39, 0.29) is 0 Å². The van der Waals surface area contributed by atoms with E-state index in [1.54, 1.807) is 0 Å². The average Bonchev–Trinajstić information content (AvgIpc) is 2.34. The van der Waals surface area contributed by atoms with Crippen LogP contribution in [-0.4, -0.2) is 83.4 Å². The smallest absolute Gasteiger partial charge is 0.388 e. The molecule has 1 aliphatic heterocycles. The Balaban J connectivity index is 2.80. The van der Waals surface area contributed by atoms with Crippen molar-refractivity contribution in [1.82, 2.24) is 0 Å². The van der Waals surface area contributed by atoms with Gasteiger partial charge in [-0.15, -0.1) is 0 Å². The Labute approximate surface area is 123 Å². The van der Waals surface area contributed by atoms with Gasteiger partial charge in [-0.1, -0.05) is 0 Å². The molecule has 0 aromatic carbocycles. The van der Waals surface area contributed by atoms with Crippen LogP contribution in [-0.2, 0) is 22.9 Å². The summed E-state index contributed by atoms with van der Waals surface area (Å²) in [6, 6.07) is 0. The van der Waals surface area contributed by atoms with Crippen molar-refractivity contribution >= 4 is 15.6 Å². The Bertz CT molecular complexity index is 457. The molecule has 0 radical (unpaired) electrons. The lowest BCUT2D eigenvalue weighted by atomic mass is 9.96. The van der Waals surface area contributed by atoms with E-state index in [0.717, 1.165) is 0 Å². The summed E-state index contributed by atoms with van der Waals surface area (Å²) in [4.78, 5) is 34.3. The van der Waals surface area contributed by atoms with Crippen molar-refractivity contribution in [1.29, 1.82) is 0 Å². The Morgan fingerprint density at radius 1 is 0.955 bits per heavy atom. The third-order valence-corrected chi connectivity index (χ3v) is 3.61. The van der Waals surface area contributed by atoms with E-state index in [2.05, 4.69) is 9.05 Å². The minimum absolute atomic E-state index is 1.03.